The fraction of sp³-hybridized carbons (Fsp3) is 0.900. The number of aldehydes is 1. The molecule has 0 saturated carbocycles. The van der Waals surface area contributed by atoms with Crippen molar-refractivity contribution in [2.75, 3.05) is 6.61 Å². The van der Waals surface area contributed by atoms with E-state index in [1.54, 1.807) is 0 Å². The van der Waals surface area contributed by atoms with Crippen molar-refractivity contribution in [1.29, 1.82) is 0 Å². The molecule has 0 unspecified atom stereocenters. The molecule has 1 rings (SSSR count). The molecular weight excluding hydrogens is 152 g/mol. The average Bonchev–Trinajstić information content (AvgIpc) is 2.62. The molecule has 0 spiro atoms. The number of hydrogen-bond acceptors (Lipinski definition) is 2. The maximum absolute atomic E-state index is 10.2. The molecule has 2 nitrogen and oxygen atoms in total. The van der Waals surface area contributed by atoms with Crippen molar-refractivity contribution < 1.29 is 9.53 Å². The van der Waals surface area contributed by atoms with Crippen molar-refractivity contribution >= 4 is 6.29 Å². The lowest BCUT2D eigenvalue weighted by Gasteiger charge is -2.25. The van der Waals surface area contributed by atoms with Gasteiger partial charge in [-0.3, -0.25) is 0 Å². The van der Waals surface area contributed by atoms with E-state index in [0.717, 1.165) is 25.7 Å². The van der Waals surface area contributed by atoms with Crippen LogP contribution in [0.15, 0.2) is 0 Å². The summed E-state index contributed by atoms with van der Waals surface area (Å²) in [6.07, 6.45) is 3.70. The fourth-order valence-electron chi connectivity index (χ4n) is 1.78. The molecule has 1 saturated heterocycles. The van der Waals surface area contributed by atoms with Crippen LogP contribution in [0.2, 0.25) is 0 Å². The van der Waals surface area contributed by atoms with Crippen LogP contribution in [-0.2, 0) is 9.53 Å². The molecule has 0 aromatic heterocycles. The minimum atomic E-state index is 0.117. The fourth-order valence-corrected chi connectivity index (χ4v) is 1.78. The van der Waals surface area contributed by atoms with Crippen molar-refractivity contribution in [1.82, 2.24) is 0 Å². The smallest absolute Gasteiger partial charge is 0.120 e. The van der Waals surface area contributed by atoms with Crippen LogP contribution in [0.4, 0.5) is 0 Å². The summed E-state index contributed by atoms with van der Waals surface area (Å²) in [6.45, 7) is 7.42. The molecule has 1 aliphatic heterocycles. The van der Waals surface area contributed by atoms with Crippen LogP contribution in [0.3, 0.4) is 0 Å². The van der Waals surface area contributed by atoms with E-state index < -0.39 is 0 Å². The first kappa shape index (κ1) is 9.72. The van der Waals surface area contributed by atoms with Gasteiger partial charge in [0.1, 0.15) is 6.29 Å². The molecule has 0 bridgehead atoms. The lowest BCUT2D eigenvalue weighted by molar-refractivity contribution is -0.108. The van der Waals surface area contributed by atoms with Gasteiger partial charge in [0.05, 0.1) is 12.2 Å². The number of carbonyl (C=O) groups excluding carboxylic acids is 1. The van der Waals surface area contributed by atoms with Crippen molar-refractivity contribution in [3.05, 3.63) is 0 Å². The number of epoxide rings is 1. The molecule has 0 aromatic rings. The van der Waals surface area contributed by atoms with E-state index in [1.165, 1.54) is 0 Å². The van der Waals surface area contributed by atoms with Crippen molar-refractivity contribution in [3.8, 4) is 0 Å². The monoisotopic (exact) mass is 170 g/mol. The van der Waals surface area contributed by atoms with E-state index in [0.29, 0.717) is 6.42 Å². The molecule has 12 heavy (non-hydrogen) atoms. The lowest BCUT2D eigenvalue weighted by Crippen LogP contribution is -2.20. The van der Waals surface area contributed by atoms with Gasteiger partial charge in [-0.1, -0.05) is 13.8 Å². The molecule has 1 aliphatic rings. The van der Waals surface area contributed by atoms with Gasteiger partial charge in [-0.15, -0.1) is 0 Å². The Hall–Kier alpha value is -0.370. The second-order valence-corrected chi connectivity index (χ2v) is 4.78. The number of ether oxygens (including phenoxy) is 1. The van der Waals surface area contributed by atoms with Gasteiger partial charge in [-0.2, -0.15) is 0 Å². The van der Waals surface area contributed by atoms with Gasteiger partial charge >= 0.3 is 0 Å². The maximum Gasteiger partial charge on any atom is 0.120 e. The first-order valence-corrected chi connectivity index (χ1v) is 4.55. The summed E-state index contributed by atoms with van der Waals surface area (Å²) in [5, 5.41) is 0. The van der Waals surface area contributed by atoms with E-state index in [-0.39, 0.29) is 11.0 Å². The maximum atomic E-state index is 10.2. The summed E-state index contributed by atoms with van der Waals surface area (Å²) in [7, 11) is 0. The van der Waals surface area contributed by atoms with Crippen LogP contribution in [0.5, 0.6) is 0 Å². The number of carbonyl (C=O) groups is 1. The zero-order valence-electron chi connectivity index (χ0n) is 8.22. The lowest BCUT2D eigenvalue weighted by atomic mass is 9.80. The Morgan fingerprint density at radius 1 is 1.58 bits per heavy atom. The van der Waals surface area contributed by atoms with Gasteiger partial charge < -0.3 is 9.53 Å². The largest absolute Gasteiger partial charge is 0.370 e. The predicted octanol–water partition coefficient (Wildman–Crippen LogP) is 2.17. The molecule has 1 fully saturated rings. The normalized spacial score (nSPS) is 28.6. The second-order valence-electron chi connectivity index (χ2n) is 4.78. The van der Waals surface area contributed by atoms with E-state index in [1.807, 2.05) is 0 Å². The average molecular weight is 170 g/mol. The van der Waals surface area contributed by atoms with Crippen LogP contribution >= 0.6 is 0 Å². The van der Waals surface area contributed by atoms with Crippen LogP contribution in [0.1, 0.15) is 40.0 Å². The molecule has 1 atom stereocenters. The standard InChI is InChI=1S/C10H18O2/c1-9(2,5-4-6-11)7-10(3)8-12-10/h6H,4-5,7-8H2,1-3H3/t10-/m1/s1. The molecule has 0 amide bonds. The number of hydrogen-bond donors (Lipinski definition) is 0. The molecule has 0 aliphatic carbocycles. The van der Waals surface area contributed by atoms with Crippen LogP contribution in [0.25, 0.3) is 0 Å². The second kappa shape index (κ2) is 3.17. The van der Waals surface area contributed by atoms with Gasteiger partial charge in [-0.05, 0) is 25.2 Å². The van der Waals surface area contributed by atoms with Crippen LogP contribution in [0, 0.1) is 5.41 Å². The zero-order valence-corrected chi connectivity index (χ0v) is 8.22. The summed E-state index contributed by atoms with van der Waals surface area (Å²) >= 11 is 0. The van der Waals surface area contributed by atoms with E-state index >= 15 is 0 Å². The summed E-state index contributed by atoms with van der Waals surface area (Å²) in [5.74, 6) is 0. The van der Waals surface area contributed by atoms with Crippen molar-refractivity contribution in [3.63, 3.8) is 0 Å². The summed E-state index contributed by atoms with van der Waals surface area (Å²) in [5.41, 5.74) is 0.360. The first-order valence-electron chi connectivity index (χ1n) is 4.55. The highest BCUT2D eigenvalue weighted by Gasteiger charge is 2.43. The molecular formula is C10H18O2. The summed E-state index contributed by atoms with van der Waals surface area (Å²) in [6, 6.07) is 0. The Morgan fingerprint density at radius 3 is 2.58 bits per heavy atom. The quantitative estimate of drug-likeness (QED) is 0.467. The van der Waals surface area contributed by atoms with E-state index in [2.05, 4.69) is 20.8 Å². The Bertz CT molecular complexity index is 169. The SMILES string of the molecule is CC(C)(CCC=O)C[C@]1(C)CO1. The van der Waals surface area contributed by atoms with E-state index in [4.69, 9.17) is 4.74 Å². The molecule has 1 heterocycles. The van der Waals surface area contributed by atoms with Gasteiger partial charge in [-0.25, -0.2) is 0 Å². The van der Waals surface area contributed by atoms with E-state index in [9.17, 15) is 4.79 Å². The molecule has 0 aromatic carbocycles. The highest BCUT2D eigenvalue weighted by atomic mass is 16.6. The van der Waals surface area contributed by atoms with Crippen molar-refractivity contribution in [2.24, 2.45) is 5.41 Å². The highest BCUT2D eigenvalue weighted by Crippen LogP contribution is 2.40. The topological polar surface area (TPSA) is 29.6 Å². The Morgan fingerprint density at radius 2 is 2.17 bits per heavy atom. The molecule has 2 heteroatoms. The molecule has 70 valence electrons. The van der Waals surface area contributed by atoms with Gasteiger partial charge in [0.15, 0.2) is 0 Å². The number of rotatable bonds is 5. The third-order valence-corrected chi connectivity index (χ3v) is 2.43. The summed E-state index contributed by atoms with van der Waals surface area (Å²) < 4.78 is 5.32. The van der Waals surface area contributed by atoms with Gasteiger partial charge in [0.2, 0.25) is 0 Å². The van der Waals surface area contributed by atoms with Crippen LogP contribution < -0.4 is 0 Å². The Balaban J connectivity index is 2.31. The van der Waals surface area contributed by atoms with Crippen molar-refractivity contribution in [2.45, 2.75) is 45.6 Å². The zero-order chi connectivity index (χ0) is 9.24. The first-order chi connectivity index (χ1) is 5.47. The Kier molecular flexibility index (Phi) is 2.57. The predicted molar refractivity (Wildman–Crippen MR) is 48.1 cm³/mol. The molecule has 0 N–H and O–H groups in total. The molecule has 0 radical (unpaired) electrons. The third-order valence-electron chi connectivity index (χ3n) is 2.43. The summed E-state index contributed by atoms with van der Waals surface area (Å²) in [4.78, 5) is 10.2. The minimum Gasteiger partial charge on any atom is -0.370 e. The third kappa shape index (κ3) is 2.94. The van der Waals surface area contributed by atoms with Crippen LogP contribution in [-0.4, -0.2) is 18.5 Å². The minimum absolute atomic E-state index is 0.117. The van der Waals surface area contributed by atoms with Gasteiger partial charge in [0.25, 0.3) is 0 Å². The highest BCUT2D eigenvalue weighted by molar-refractivity contribution is 5.49. The van der Waals surface area contributed by atoms with Gasteiger partial charge in [0, 0.05) is 6.42 Å². The Labute approximate surface area is 74.3 Å².